The highest BCUT2D eigenvalue weighted by molar-refractivity contribution is 5.77. The maximum atomic E-state index is 11.5. The van der Waals surface area contributed by atoms with E-state index in [0.29, 0.717) is 12.2 Å². The van der Waals surface area contributed by atoms with Crippen molar-refractivity contribution in [3.63, 3.8) is 0 Å². The second-order valence-electron chi connectivity index (χ2n) is 4.39. The van der Waals surface area contributed by atoms with Crippen molar-refractivity contribution < 1.29 is 14.6 Å². The molecule has 100 valence electrons. The molecule has 0 fully saturated rings. The van der Waals surface area contributed by atoms with E-state index in [2.05, 4.69) is 5.32 Å². The smallest absolute Gasteiger partial charge is 0.258 e. The second kappa shape index (κ2) is 7.01. The normalized spacial score (nSPS) is 12.0. The predicted octanol–water partition coefficient (Wildman–Crippen LogP) is 1.57. The Morgan fingerprint density at radius 1 is 1.39 bits per heavy atom. The molecule has 1 atom stereocenters. The molecule has 18 heavy (non-hydrogen) atoms. The molecule has 1 amide bonds. The number of aliphatic hydroxyl groups is 1. The summed E-state index contributed by atoms with van der Waals surface area (Å²) in [6.45, 7) is 5.86. The van der Waals surface area contributed by atoms with E-state index in [9.17, 15) is 4.79 Å². The van der Waals surface area contributed by atoms with Gasteiger partial charge in [0.05, 0.1) is 12.6 Å². The molecular formula is C14H21NO3. The number of ether oxygens (including phenoxy) is 1. The van der Waals surface area contributed by atoms with E-state index < -0.39 is 0 Å². The van der Waals surface area contributed by atoms with Crippen molar-refractivity contribution in [3.05, 3.63) is 29.3 Å². The van der Waals surface area contributed by atoms with Crippen LogP contribution in [-0.2, 0) is 4.79 Å². The summed E-state index contributed by atoms with van der Waals surface area (Å²) < 4.78 is 5.40. The number of amides is 1. The fourth-order valence-electron chi connectivity index (χ4n) is 1.50. The summed E-state index contributed by atoms with van der Waals surface area (Å²) in [5.41, 5.74) is 2.33. The van der Waals surface area contributed by atoms with Gasteiger partial charge in [0.25, 0.3) is 5.91 Å². The van der Waals surface area contributed by atoms with Gasteiger partial charge in [0.2, 0.25) is 0 Å². The van der Waals surface area contributed by atoms with Crippen molar-refractivity contribution in [2.75, 3.05) is 13.2 Å². The van der Waals surface area contributed by atoms with E-state index in [0.717, 1.165) is 5.56 Å². The number of hydrogen-bond donors (Lipinski definition) is 2. The maximum Gasteiger partial charge on any atom is 0.258 e. The first-order chi connectivity index (χ1) is 8.56. The number of benzene rings is 1. The van der Waals surface area contributed by atoms with Crippen molar-refractivity contribution in [2.45, 2.75) is 33.2 Å². The lowest BCUT2D eigenvalue weighted by molar-refractivity contribution is -0.124. The lowest BCUT2D eigenvalue weighted by Gasteiger charge is -2.14. The fraction of sp³-hybridized carbons (Fsp3) is 0.500. The summed E-state index contributed by atoms with van der Waals surface area (Å²) in [4.78, 5) is 11.5. The molecule has 2 N–H and O–H groups in total. The topological polar surface area (TPSA) is 58.6 Å². The number of aryl methyl sites for hydroxylation is 2. The summed E-state index contributed by atoms with van der Waals surface area (Å²) >= 11 is 0. The van der Waals surface area contributed by atoms with E-state index in [-0.39, 0.29) is 25.2 Å². The van der Waals surface area contributed by atoms with Gasteiger partial charge in [0.1, 0.15) is 5.75 Å². The Labute approximate surface area is 108 Å². The summed E-state index contributed by atoms with van der Waals surface area (Å²) in [5.74, 6) is 0.472. The Bertz CT molecular complexity index is 400. The summed E-state index contributed by atoms with van der Waals surface area (Å²) in [5, 5.41) is 11.7. The van der Waals surface area contributed by atoms with Gasteiger partial charge in [-0.2, -0.15) is 0 Å². The van der Waals surface area contributed by atoms with Crippen LogP contribution in [0, 0.1) is 13.8 Å². The Morgan fingerprint density at radius 2 is 2.11 bits per heavy atom. The van der Waals surface area contributed by atoms with Crippen LogP contribution in [0.5, 0.6) is 5.75 Å². The van der Waals surface area contributed by atoms with E-state index in [1.54, 1.807) is 0 Å². The van der Waals surface area contributed by atoms with Gasteiger partial charge in [-0.3, -0.25) is 4.79 Å². The molecule has 0 aliphatic carbocycles. The Kier molecular flexibility index (Phi) is 5.65. The molecule has 1 aromatic carbocycles. The summed E-state index contributed by atoms with van der Waals surface area (Å²) in [7, 11) is 0. The molecule has 0 unspecified atom stereocenters. The van der Waals surface area contributed by atoms with Crippen LogP contribution in [0.2, 0.25) is 0 Å². The molecule has 0 aliphatic heterocycles. The molecular weight excluding hydrogens is 230 g/mol. The molecule has 1 aromatic rings. The average Bonchev–Trinajstić information content (AvgIpc) is 2.37. The van der Waals surface area contributed by atoms with E-state index in [4.69, 9.17) is 9.84 Å². The van der Waals surface area contributed by atoms with Gasteiger partial charge >= 0.3 is 0 Å². The second-order valence-corrected chi connectivity index (χ2v) is 4.39. The number of nitrogens with one attached hydrogen (secondary N) is 1. The zero-order valence-electron chi connectivity index (χ0n) is 11.2. The highest BCUT2D eigenvalue weighted by Gasteiger charge is 2.09. The van der Waals surface area contributed by atoms with Gasteiger partial charge < -0.3 is 15.2 Å². The molecule has 0 spiro atoms. The maximum absolute atomic E-state index is 11.5. The molecule has 0 heterocycles. The highest BCUT2D eigenvalue weighted by atomic mass is 16.5. The van der Waals surface area contributed by atoms with Gasteiger partial charge in [-0.25, -0.2) is 0 Å². The minimum Gasteiger partial charge on any atom is -0.484 e. The minimum atomic E-state index is -0.214. The number of carbonyl (C=O) groups excluding carboxylic acids is 1. The van der Waals surface area contributed by atoms with Crippen LogP contribution in [0.1, 0.15) is 24.5 Å². The average molecular weight is 251 g/mol. The number of rotatable bonds is 6. The van der Waals surface area contributed by atoms with Crippen molar-refractivity contribution in [2.24, 2.45) is 0 Å². The van der Waals surface area contributed by atoms with E-state index in [1.807, 2.05) is 39.0 Å². The van der Waals surface area contributed by atoms with E-state index in [1.165, 1.54) is 5.56 Å². The summed E-state index contributed by atoms with van der Waals surface area (Å²) in [6, 6.07) is 5.52. The van der Waals surface area contributed by atoms with Crippen LogP contribution in [0.15, 0.2) is 18.2 Å². The molecule has 0 radical (unpaired) electrons. The van der Waals surface area contributed by atoms with Crippen LogP contribution in [0.25, 0.3) is 0 Å². The molecule has 1 rings (SSSR count). The Hall–Kier alpha value is -1.55. The Morgan fingerprint density at radius 3 is 2.67 bits per heavy atom. The molecule has 4 nitrogen and oxygen atoms in total. The number of carbonyl (C=O) groups is 1. The van der Waals surface area contributed by atoms with Crippen molar-refractivity contribution in [1.82, 2.24) is 5.32 Å². The van der Waals surface area contributed by atoms with Crippen LogP contribution < -0.4 is 10.1 Å². The fourth-order valence-corrected chi connectivity index (χ4v) is 1.50. The SMILES string of the molecule is CC[C@H](CO)NC(=O)COc1ccc(C)c(C)c1. The quantitative estimate of drug-likeness (QED) is 0.807. The summed E-state index contributed by atoms with van der Waals surface area (Å²) in [6.07, 6.45) is 0.700. The van der Waals surface area contributed by atoms with Gasteiger partial charge in [0.15, 0.2) is 6.61 Å². The molecule has 0 aliphatic rings. The van der Waals surface area contributed by atoms with Crippen LogP contribution in [0.4, 0.5) is 0 Å². The molecule has 0 aromatic heterocycles. The molecule has 0 saturated heterocycles. The van der Waals surface area contributed by atoms with Crippen molar-refractivity contribution in [3.8, 4) is 5.75 Å². The Balaban J connectivity index is 2.44. The third-order valence-electron chi connectivity index (χ3n) is 2.93. The van der Waals surface area contributed by atoms with Crippen LogP contribution >= 0.6 is 0 Å². The number of aliphatic hydroxyl groups excluding tert-OH is 1. The van der Waals surface area contributed by atoms with Crippen LogP contribution in [-0.4, -0.2) is 30.3 Å². The third kappa shape index (κ3) is 4.37. The largest absolute Gasteiger partial charge is 0.484 e. The zero-order chi connectivity index (χ0) is 13.5. The molecule has 4 heteroatoms. The van der Waals surface area contributed by atoms with Crippen molar-refractivity contribution >= 4 is 5.91 Å². The molecule has 0 saturated carbocycles. The van der Waals surface area contributed by atoms with Gasteiger partial charge in [-0.15, -0.1) is 0 Å². The van der Waals surface area contributed by atoms with Gasteiger partial charge in [-0.05, 0) is 43.5 Å². The number of hydrogen-bond acceptors (Lipinski definition) is 3. The standard InChI is InChI=1S/C14H21NO3/c1-4-12(8-16)15-14(17)9-18-13-6-5-10(2)11(3)7-13/h5-7,12,16H,4,8-9H2,1-3H3,(H,15,17)/t12-/m1/s1. The molecule has 0 bridgehead atoms. The van der Waals surface area contributed by atoms with Crippen molar-refractivity contribution in [1.29, 1.82) is 0 Å². The first-order valence-corrected chi connectivity index (χ1v) is 6.17. The lowest BCUT2D eigenvalue weighted by Crippen LogP contribution is -2.39. The zero-order valence-corrected chi connectivity index (χ0v) is 11.2. The minimum absolute atomic E-state index is 0.0288. The van der Waals surface area contributed by atoms with Crippen LogP contribution in [0.3, 0.4) is 0 Å². The lowest BCUT2D eigenvalue weighted by atomic mass is 10.1. The van der Waals surface area contributed by atoms with Gasteiger partial charge in [0, 0.05) is 0 Å². The first-order valence-electron chi connectivity index (χ1n) is 6.17. The highest BCUT2D eigenvalue weighted by Crippen LogP contribution is 2.16. The van der Waals surface area contributed by atoms with Gasteiger partial charge in [-0.1, -0.05) is 13.0 Å². The first kappa shape index (κ1) is 14.5. The monoisotopic (exact) mass is 251 g/mol. The third-order valence-corrected chi connectivity index (χ3v) is 2.93. The van der Waals surface area contributed by atoms with E-state index >= 15 is 0 Å². The predicted molar refractivity (Wildman–Crippen MR) is 70.7 cm³/mol.